The second-order valence-electron chi connectivity index (χ2n) is 2.78. The fraction of sp³-hybridized carbons (Fsp3) is 0.571. The molecule has 0 amide bonds. The van der Waals surface area contributed by atoms with Gasteiger partial charge in [-0.25, -0.2) is 13.1 Å². The third-order valence-corrected chi connectivity index (χ3v) is 3.13. The first-order valence-corrected chi connectivity index (χ1v) is 5.73. The molecule has 1 aromatic heterocycles. The van der Waals surface area contributed by atoms with Crippen LogP contribution in [0.5, 0.6) is 0 Å². The number of nitrogens with one attached hydrogen (secondary N) is 2. The van der Waals surface area contributed by atoms with Gasteiger partial charge in [0.1, 0.15) is 0 Å². The first-order valence-electron chi connectivity index (χ1n) is 4.24. The fourth-order valence-electron chi connectivity index (χ4n) is 0.953. The first kappa shape index (κ1) is 11.2. The van der Waals surface area contributed by atoms with Gasteiger partial charge in [0.2, 0.25) is 0 Å². The second kappa shape index (κ2) is 4.54. The predicted octanol–water partition coefficient (Wildman–Crippen LogP) is -0.410. The Labute approximate surface area is 82.4 Å². The molecule has 7 heteroatoms. The number of H-pyrrole nitrogens is 1. The third kappa shape index (κ3) is 2.31. The van der Waals surface area contributed by atoms with Gasteiger partial charge in [-0.15, -0.1) is 0 Å². The number of rotatable bonds is 5. The molecule has 0 aromatic carbocycles. The van der Waals surface area contributed by atoms with Gasteiger partial charge in [0.25, 0.3) is 10.0 Å². The summed E-state index contributed by atoms with van der Waals surface area (Å²) in [5.41, 5.74) is 0.272. The van der Waals surface area contributed by atoms with Crippen LogP contribution in [0.4, 0.5) is 0 Å². The van der Waals surface area contributed by atoms with Crippen molar-refractivity contribution in [3.63, 3.8) is 0 Å². The van der Waals surface area contributed by atoms with Crippen LogP contribution in [0.15, 0.2) is 11.2 Å². The van der Waals surface area contributed by atoms with E-state index in [4.69, 9.17) is 5.11 Å². The number of hydrogen-bond donors (Lipinski definition) is 3. The summed E-state index contributed by atoms with van der Waals surface area (Å²) in [6, 6.07) is 0. The number of hydrogen-bond acceptors (Lipinski definition) is 4. The third-order valence-electron chi connectivity index (χ3n) is 1.66. The molecule has 6 nitrogen and oxygen atoms in total. The molecule has 0 atom stereocenters. The van der Waals surface area contributed by atoms with Crippen molar-refractivity contribution in [2.75, 3.05) is 6.54 Å². The van der Waals surface area contributed by atoms with E-state index in [1.807, 2.05) is 6.92 Å². The molecule has 14 heavy (non-hydrogen) atoms. The van der Waals surface area contributed by atoms with Crippen molar-refractivity contribution in [2.24, 2.45) is 0 Å². The molecule has 0 fully saturated rings. The number of aromatic nitrogens is 2. The van der Waals surface area contributed by atoms with Crippen molar-refractivity contribution < 1.29 is 13.5 Å². The minimum absolute atomic E-state index is 0.0616. The number of sulfonamides is 1. The summed E-state index contributed by atoms with van der Waals surface area (Å²) in [4.78, 5) is 0. The highest BCUT2D eigenvalue weighted by Crippen LogP contribution is 2.10. The molecular weight excluding hydrogens is 206 g/mol. The monoisotopic (exact) mass is 219 g/mol. The molecule has 1 aromatic rings. The molecule has 0 unspecified atom stereocenters. The van der Waals surface area contributed by atoms with Crippen LogP contribution in [0, 0.1) is 0 Å². The van der Waals surface area contributed by atoms with Crippen LogP contribution in [-0.4, -0.2) is 30.3 Å². The molecule has 80 valence electrons. The van der Waals surface area contributed by atoms with Gasteiger partial charge in [-0.1, -0.05) is 6.92 Å². The van der Waals surface area contributed by atoms with E-state index in [1.54, 1.807) is 0 Å². The van der Waals surface area contributed by atoms with Crippen molar-refractivity contribution >= 4 is 10.0 Å². The Morgan fingerprint density at radius 2 is 2.36 bits per heavy atom. The van der Waals surface area contributed by atoms with Crippen molar-refractivity contribution in [1.82, 2.24) is 14.9 Å². The summed E-state index contributed by atoms with van der Waals surface area (Å²) >= 11 is 0. The van der Waals surface area contributed by atoms with Crippen LogP contribution >= 0.6 is 0 Å². The highest BCUT2D eigenvalue weighted by Gasteiger charge is 2.19. The number of aromatic amines is 1. The van der Waals surface area contributed by atoms with Gasteiger partial charge in [0.05, 0.1) is 12.8 Å². The Morgan fingerprint density at radius 1 is 1.64 bits per heavy atom. The van der Waals surface area contributed by atoms with Crippen molar-refractivity contribution in [1.29, 1.82) is 0 Å². The van der Waals surface area contributed by atoms with Crippen LogP contribution in [0.25, 0.3) is 0 Å². The fourth-order valence-corrected chi connectivity index (χ4v) is 2.21. The summed E-state index contributed by atoms with van der Waals surface area (Å²) in [6.45, 7) is 1.88. The highest BCUT2D eigenvalue weighted by atomic mass is 32.2. The van der Waals surface area contributed by atoms with Gasteiger partial charge in [-0.05, 0) is 6.42 Å². The molecule has 0 aliphatic carbocycles. The van der Waals surface area contributed by atoms with Crippen LogP contribution in [0.2, 0.25) is 0 Å². The van der Waals surface area contributed by atoms with E-state index in [9.17, 15) is 8.42 Å². The average Bonchev–Trinajstić information content (AvgIpc) is 2.63. The van der Waals surface area contributed by atoms with Gasteiger partial charge in [0.15, 0.2) is 5.03 Å². The molecule has 0 radical (unpaired) electrons. The van der Waals surface area contributed by atoms with Gasteiger partial charge in [0, 0.05) is 12.1 Å². The Balaban J connectivity index is 2.92. The lowest BCUT2D eigenvalue weighted by Gasteiger charge is -2.03. The summed E-state index contributed by atoms with van der Waals surface area (Å²) in [5, 5.41) is 14.7. The molecule has 1 rings (SSSR count). The zero-order valence-corrected chi connectivity index (χ0v) is 8.63. The first-order chi connectivity index (χ1) is 6.61. The Bertz CT molecular complexity index is 385. The van der Waals surface area contributed by atoms with Crippen molar-refractivity contribution in [3.8, 4) is 0 Å². The normalized spacial score (nSPS) is 11.9. The Kier molecular flexibility index (Phi) is 3.62. The topological polar surface area (TPSA) is 95.1 Å². The number of aliphatic hydroxyl groups excluding tert-OH is 1. The second-order valence-corrected chi connectivity index (χ2v) is 4.48. The van der Waals surface area contributed by atoms with Gasteiger partial charge in [-0.2, -0.15) is 5.10 Å². The molecule has 0 aliphatic heterocycles. The molecule has 0 saturated carbocycles. The summed E-state index contributed by atoms with van der Waals surface area (Å²) in [7, 11) is -3.55. The van der Waals surface area contributed by atoms with Crippen LogP contribution in [0.1, 0.15) is 18.9 Å². The molecule has 0 bridgehead atoms. The lowest BCUT2D eigenvalue weighted by Crippen LogP contribution is -2.25. The van der Waals surface area contributed by atoms with E-state index in [0.717, 1.165) is 0 Å². The molecule has 0 aliphatic rings. The van der Waals surface area contributed by atoms with Gasteiger partial charge in [-0.3, -0.25) is 5.10 Å². The maximum absolute atomic E-state index is 11.5. The molecule has 0 saturated heterocycles. The maximum Gasteiger partial charge on any atom is 0.257 e. The lowest BCUT2D eigenvalue weighted by molar-refractivity contribution is 0.278. The van der Waals surface area contributed by atoms with E-state index in [0.29, 0.717) is 13.0 Å². The summed E-state index contributed by atoms with van der Waals surface area (Å²) < 4.78 is 25.5. The number of aliphatic hydroxyl groups is 1. The predicted molar refractivity (Wildman–Crippen MR) is 50.0 cm³/mol. The zero-order chi connectivity index (χ0) is 10.6. The number of nitrogens with zero attached hydrogens (tertiary/aromatic N) is 1. The van der Waals surface area contributed by atoms with E-state index < -0.39 is 10.0 Å². The molecule has 0 spiro atoms. The summed E-state index contributed by atoms with van der Waals surface area (Å²) in [5.74, 6) is 0. The quantitative estimate of drug-likeness (QED) is 0.627. The van der Waals surface area contributed by atoms with Gasteiger partial charge >= 0.3 is 0 Å². The standard InChI is InChI=1S/C7H13N3O3S/c1-2-3-9-14(12,13)7-6(5-11)4-8-10-7/h4,9,11H,2-3,5H2,1H3,(H,8,10). The SMILES string of the molecule is CCCNS(=O)(=O)c1[nH]ncc1CO. The van der Waals surface area contributed by atoms with Crippen molar-refractivity contribution in [3.05, 3.63) is 11.8 Å². The average molecular weight is 219 g/mol. The largest absolute Gasteiger partial charge is 0.392 e. The Morgan fingerprint density at radius 3 is 2.93 bits per heavy atom. The molecular formula is C7H13N3O3S. The van der Waals surface area contributed by atoms with E-state index >= 15 is 0 Å². The highest BCUT2D eigenvalue weighted by molar-refractivity contribution is 7.89. The summed E-state index contributed by atoms with van der Waals surface area (Å²) in [6.07, 6.45) is 2.00. The van der Waals surface area contributed by atoms with E-state index in [1.165, 1.54) is 6.20 Å². The minimum Gasteiger partial charge on any atom is -0.392 e. The van der Waals surface area contributed by atoms with E-state index in [2.05, 4.69) is 14.9 Å². The maximum atomic E-state index is 11.5. The minimum atomic E-state index is -3.55. The van der Waals surface area contributed by atoms with Crippen LogP contribution in [0.3, 0.4) is 0 Å². The molecule has 3 N–H and O–H groups in total. The van der Waals surface area contributed by atoms with E-state index in [-0.39, 0.29) is 17.2 Å². The molecule has 1 heterocycles. The van der Waals surface area contributed by atoms with Crippen LogP contribution < -0.4 is 4.72 Å². The van der Waals surface area contributed by atoms with Crippen LogP contribution in [-0.2, 0) is 16.6 Å². The van der Waals surface area contributed by atoms with Gasteiger partial charge < -0.3 is 5.11 Å². The van der Waals surface area contributed by atoms with Crippen molar-refractivity contribution in [2.45, 2.75) is 25.0 Å². The smallest absolute Gasteiger partial charge is 0.257 e. The lowest BCUT2D eigenvalue weighted by atomic mass is 10.4. The Hall–Kier alpha value is -0.920. The zero-order valence-electron chi connectivity index (χ0n) is 7.82.